The third kappa shape index (κ3) is 1.96. The SMILES string of the molecule is CC1(C)O[C@H]2[C@H](N3C(=O)c4ccccc4C3=O)CC(F)(F)[C@H]2O1. The summed E-state index contributed by atoms with van der Waals surface area (Å²) in [5, 5.41) is 0. The van der Waals surface area contributed by atoms with Gasteiger partial charge in [0.2, 0.25) is 0 Å². The van der Waals surface area contributed by atoms with Crippen LogP contribution in [0.2, 0.25) is 0 Å². The minimum absolute atomic E-state index is 0.238. The summed E-state index contributed by atoms with van der Waals surface area (Å²) < 4.78 is 39.4. The molecule has 0 spiro atoms. The molecule has 0 radical (unpaired) electrons. The third-order valence-electron chi connectivity index (χ3n) is 4.56. The molecule has 23 heavy (non-hydrogen) atoms. The summed E-state index contributed by atoms with van der Waals surface area (Å²) in [6.45, 7) is 3.08. The molecule has 2 heterocycles. The summed E-state index contributed by atoms with van der Waals surface area (Å²) in [5.41, 5.74) is 0.477. The molecule has 2 amide bonds. The first-order valence-corrected chi connectivity index (χ1v) is 7.42. The number of hydrogen-bond acceptors (Lipinski definition) is 4. The van der Waals surface area contributed by atoms with Crippen molar-refractivity contribution in [2.45, 2.75) is 50.2 Å². The van der Waals surface area contributed by atoms with Gasteiger partial charge < -0.3 is 9.47 Å². The standard InChI is InChI=1S/C16H15F2NO4/c1-15(2)22-11-10(7-16(17,18)12(11)23-15)19-13(20)8-5-3-4-6-9(8)14(19)21/h3-6,10-12H,7H2,1-2H3/t10-,11+,12+/m1/s1. The summed E-state index contributed by atoms with van der Waals surface area (Å²) in [4.78, 5) is 25.9. The molecule has 0 N–H and O–H groups in total. The summed E-state index contributed by atoms with van der Waals surface area (Å²) in [6, 6.07) is 5.28. The topological polar surface area (TPSA) is 55.8 Å². The van der Waals surface area contributed by atoms with Crippen LogP contribution in [0.25, 0.3) is 0 Å². The van der Waals surface area contributed by atoms with E-state index in [0.717, 1.165) is 4.90 Å². The van der Waals surface area contributed by atoms with E-state index in [4.69, 9.17) is 9.47 Å². The maximum absolute atomic E-state index is 14.3. The van der Waals surface area contributed by atoms with Crippen molar-refractivity contribution < 1.29 is 27.8 Å². The first-order chi connectivity index (χ1) is 10.7. The van der Waals surface area contributed by atoms with Gasteiger partial charge >= 0.3 is 0 Å². The number of ether oxygens (including phenoxy) is 2. The van der Waals surface area contributed by atoms with Gasteiger partial charge in [-0.2, -0.15) is 0 Å². The second-order valence-electron chi connectivity index (χ2n) is 6.58. The molecule has 2 fully saturated rings. The number of imide groups is 1. The monoisotopic (exact) mass is 323 g/mol. The van der Waals surface area contributed by atoms with Crippen molar-refractivity contribution in [2.75, 3.05) is 0 Å². The van der Waals surface area contributed by atoms with Crippen molar-refractivity contribution in [3.63, 3.8) is 0 Å². The summed E-state index contributed by atoms with van der Waals surface area (Å²) in [7, 11) is 0. The molecular formula is C16H15F2NO4. The maximum Gasteiger partial charge on any atom is 0.278 e. The fraction of sp³-hybridized carbons (Fsp3) is 0.500. The molecule has 4 rings (SSSR count). The van der Waals surface area contributed by atoms with Gasteiger partial charge in [0.05, 0.1) is 17.2 Å². The Morgan fingerprint density at radius 1 is 1.09 bits per heavy atom. The lowest BCUT2D eigenvalue weighted by Crippen LogP contribution is -2.46. The molecular weight excluding hydrogens is 308 g/mol. The Morgan fingerprint density at radius 3 is 2.22 bits per heavy atom. The minimum atomic E-state index is -3.15. The van der Waals surface area contributed by atoms with Crippen LogP contribution < -0.4 is 0 Å². The molecule has 3 aliphatic rings. The third-order valence-corrected chi connectivity index (χ3v) is 4.56. The number of alkyl halides is 2. The zero-order valence-corrected chi connectivity index (χ0v) is 12.6. The van der Waals surface area contributed by atoms with Gasteiger partial charge in [-0.3, -0.25) is 14.5 Å². The lowest BCUT2D eigenvalue weighted by atomic mass is 10.1. The highest BCUT2D eigenvalue weighted by Gasteiger charge is 2.66. The number of halogens is 2. The smallest absolute Gasteiger partial charge is 0.278 e. The van der Waals surface area contributed by atoms with Crippen molar-refractivity contribution >= 4 is 11.8 Å². The van der Waals surface area contributed by atoms with Crippen LogP contribution in [0.5, 0.6) is 0 Å². The first-order valence-electron chi connectivity index (χ1n) is 7.42. The molecule has 1 saturated heterocycles. The predicted octanol–water partition coefficient (Wildman–Crippen LogP) is 2.21. The summed E-state index contributed by atoms with van der Waals surface area (Å²) >= 11 is 0. The molecule has 7 heteroatoms. The second kappa shape index (κ2) is 4.36. The second-order valence-corrected chi connectivity index (χ2v) is 6.58. The molecule has 0 unspecified atom stereocenters. The van der Waals surface area contributed by atoms with Gasteiger partial charge in [-0.15, -0.1) is 0 Å². The van der Waals surface area contributed by atoms with E-state index in [1.165, 1.54) is 12.1 Å². The van der Waals surface area contributed by atoms with Gasteiger partial charge in [-0.1, -0.05) is 12.1 Å². The van der Waals surface area contributed by atoms with Crippen LogP contribution >= 0.6 is 0 Å². The number of fused-ring (bicyclic) bond motifs is 2. The average molecular weight is 323 g/mol. The Bertz CT molecular complexity index is 683. The molecule has 122 valence electrons. The van der Waals surface area contributed by atoms with Crippen LogP contribution in [0.3, 0.4) is 0 Å². The lowest BCUT2D eigenvalue weighted by molar-refractivity contribution is -0.191. The quantitative estimate of drug-likeness (QED) is 0.744. The molecule has 1 aromatic carbocycles. The summed E-state index contributed by atoms with van der Waals surface area (Å²) in [6.07, 6.45) is -3.13. The molecule has 0 bridgehead atoms. The minimum Gasteiger partial charge on any atom is -0.342 e. The molecule has 1 aromatic rings. The first kappa shape index (κ1) is 14.7. The number of hydrogen-bond donors (Lipinski definition) is 0. The van der Waals surface area contributed by atoms with E-state index >= 15 is 0 Å². The van der Waals surface area contributed by atoms with Crippen LogP contribution in [-0.4, -0.2) is 46.7 Å². The van der Waals surface area contributed by atoms with Crippen LogP contribution in [0, 0.1) is 0 Å². The van der Waals surface area contributed by atoms with E-state index in [-0.39, 0.29) is 11.1 Å². The van der Waals surface area contributed by atoms with Crippen LogP contribution in [0.15, 0.2) is 24.3 Å². The number of benzene rings is 1. The van der Waals surface area contributed by atoms with Gasteiger partial charge in [0.1, 0.15) is 6.10 Å². The molecule has 0 aromatic heterocycles. The molecule has 2 aliphatic heterocycles. The number of amides is 2. The molecule has 3 atom stereocenters. The van der Waals surface area contributed by atoms with Crippen LogP contribution in [0.4, 0.5) is 8.78 Å². The maximum atomic E-state index is 14.3. The lowest BCUT2D eigenvalue weighted by Gasteiger charge is -2.28. The Hall–Kier alpha value is -1.86. The highest BCUT2D eigenvalue weighted by Crippen LogP contribution is 2.49. The van der Waals surface area contributed by atoms with E-state index in [9.17, 15) is 18.4 Å². The van der Waals surface area contributed by atoms with Gasteiger partial charge in [-0.25, -0.2) is 8.78 Å². The van der Waals surface area contributed by atoms with Crippen molar-refractivity contribution in [1.29, 1.82) is 0 Å². The van der Waals surface area contributed by atoms with Gasteiger partial charge in [0.15, 0.2) is 11.9 Å². The van der Waals surface area contributed by atoms with E-state index in [0.29, 0.717) is 0 Å². The van der Waals surface area contributed by atoms with Gasteiger partial charge in [0.25, 0.3) is 17.7 Å². The fourth-order valence-corrected chi connectivity index (χ4v) is 3.66. The summed E-state index contributed by atoms with van der Waals surface area (Å²) in [5.74, 6) is -5.44. The van der Waals surface area contributed by atoms with E-state index in [2.05, 4.69) is 0 Å². The van der Waals surface area contributed by atoms with Crippen molar-refractivity contribution in [3.8, 4) is 0 Å². The zero-order chi connectivity index (χ0) is 16.6. The van der Waals surface area contributed by atoms with Crippen LogP contribution in [-0.2, 0) is 9.47 Å². The normalized spacial score (nSPS) is 33.9. The predicted molar refractivity (Wildman–Crippen MR) is 74.1 cm³/mol. The Labute approximate surface area is 131 Å². The Kier molecular flexibility index (Phi) is 2.79. The highest BCUT2D eigenvalue weighted by molar-refractivity contribution is 6.21. The number of carbonyl (C=O) groups is 2. The molecule has 1 aliphatic carbocycles. The number of rotatable bonds is 1. The van der Waals surface area contributed by atoms with Crippen molar-refractivity contribution in [1.82, 2.24) is 4.90 Å². The van der Waals surface area contributed by atoms with E-state index in [1.54, 1.807) is 26.0 Å². The average Bonchev–Trinajstić information content (AvgIpc) is 3.01. The van der Waals surface area contributed by atoms with Crippen molar-refractivity contribution in [3.05, 3.63) is 35.4 Å². The molecule has 1 saturated carbocycles. The number of nitrogens with zero attached hydrogens (tertiary/aromatic N) is 1. The zero-order valence-electron chi connectivity index (χ0n) is 12.6. The van der Waals surface area contributed by atoms with Gasteiger partial charge in [-0.05, 0) is 26.0 Å². The van der Waals surface area contributed by atoms with E-state index < -0.39 is 48.2 Å². The Balaban J connectivity index is 1.72. The Morgan fingerprint density at radius 2 is 1.65 bits per heavy atom. The fourth-order valence-electron chi connectivity index (χ4n) is 3.66. The van der Waals surface area contributed by atoms with Gasteiger partial charge in [0, 0.05) is 6.42 Å². The highest BCUT2D eigenvalue weighted by atomic mass is 19.3. The van der Waals surface area contributed by atoms with Crippen molar-refractivity contribution in [2.24, 2.45) is 0 Å². The number of carbonyl (C=O) groups excluding carboxylic acids is 2. The molecule has 5 nitrogen and oxygen atoms in total. The van der Waals surface area contributed by atoms with E-state index in [1.807, 2.05) is 0 Å². The van der Waals surface area contributed by atoms with Crippen LogP contribution in [0.1, 0.15) is 41.0 Å². The largest absolute Gasteiger partial charge is 0.342 e.